The van der Waals surface area contributed by atoms with Gasteiger partial charge in [-0.3, -0.25) is 4.79 Å². The maximum absolute atomic E-state index is 12.0. The van der Waals surface area contributed by atoms with Crippen molar-refractivity contribution in [1.82, 2.24) is 10.3 Å². The highest BCUT2D eigenvalue weighted by Crippen LogP contribution is 2.15. The number of hydrogen-bond acceptors (Lipinski definition) is 5. The van der Waals surface area contributed by atoms with E-state index in [9.17, 15) is 13.2 Å². The van der Waals surface area contributed by atoms with Crippen LogP contribution in [-0.2, 0) is 9.84 Å². The number of halogens is 1. The van der Waals surface area contributed by atoms with Gasteiger partial charge in [0.1, 0.15) is 20.8 Å². The van der Waals surface area contributed by atoms with Crippen LogP contribution in [0.2, 0.25) is 5.15 Å². The maximum Gasteiger partial charge on any atom is 0.251 e. The summed E-state index contributed by atoms with van der Waals surface area (Å²) in [6, 6.07) is 2.72. The number of nitrogens with one attached hydrogen (secondary N) is 1. The Labute approximate surface area is 116 Å². The summed E-state index contributed by atoms with van der Waals surface area (Å²) in [7, 11) is -2.93. The highest BCUT2D eigenvalue weighted by atomic mass is 35.5. The first-order chi connectivity index (χ1) is 8.85. The topological polar surface area (TPSA) is 102 Å². The van der Waals surface area contributed by atoms with Crippen molar-refractivity contribution in [3.63, 3.8) is 0 Å². The highest BCUT2D eigenvalue weighted by molar-refractivity contribution is 7.91. The molecule has 8 heteroatoms. The predicted molar refractivity (Wildman–Crippen MR) is 72.8 cm³/mol. The molecule has 0 unspecified atom stereocenters. The van der Waals surface area contributed by atoms with Gasteiger partial charge in [-0.1, -0.05) is 11.6 Å². The molecule has 0 atom stereocenters. The number of amides is 1. The highest BCUT2D eigenvalue weighted by Gasteiger charge is 2.25. The van der Waals surface area contributed by atoms with Crippen molar-refractivity contribution in [2.75, 3.05) is 17.2 Å². The molecule has 1 aliphatic heterocycles. The third kappa shape index (κ3) is 3.81. The summed E-state index contributed by atoms with van der Waals surface area (Å²) >= 11 is 5.72. The Morgan fingerprint density at radius 1 is 1.37 bits per heavy atom. The molecule has 19 heavy (non-hydrogen) atoms. The number of carbonyl (C=O) groups is 1. The quantitative estimate of drug-likeness (QED) is 0.780. The molecule has 0 bridgehead atoms. The molecule has 104 valence electrons. The fraction of sp³-hybridized carbons (Fsp3) is 0.455. The van der Waals surface area contributed by atoms with Gasteiger partial charge in [0.15, 0.2) is 0 Å². The number of hydrogen-bond donors (Lipinski definition) is 2. The van der Waals surface area contributed by atoms with E-state index in [1.807, 2.05) is 0 Å². The lowest BCUT2D eigenvalue weighted by Crippen LogP contribution is -2.40. The average molecular weight is 304 g/mol. The van der Waals surface area contributed by atoms with Gasteiger partial charge in [0, 0.05) is 11.6 Å². The van der Waals surface area contributed by atoms with E-state index < -0.39 is 9.84 Å². The third-order valence-electron chi connectivity index (χ3n) is 2.97. The number of sulfone groups is 1. The van der Waals surface area contributed by atoms with Crippen LogP contribution in [0.3, 0.4) is 0 Å². The summed E-state index contributed by atoms with van der Waals surface area (Å²) in [5, 5.41) is 2.93. The zero-order valence-corrected chi connectivity index (χ0v) is 11.7. The Morgan fingerprint density at radius 2 is 2.00 bits per heavy atom. The molecule has 1 aromatic rings. The number of pyridine rings is 1. The van der Waals surface area contributed by atoms with Gasteiger partial charge in [0.2, 0.25) is 0 Å². The number of nitrogens with two attached hydrogens (primary N) is 1. The maximum atomic E-state index is 12.0. The summed E-state index contributed by atoms with van der Waals surface area (Å²) in [5.74, 6) is 0.0677. The van der Waals surface area contributed by atoms with Gasteiger partial charge < -0.3 is 11.1 Å². The number of anilines is 1. The third-order valence-corrected chi connectivity index (χ3v) is 4.87. The molecular formula is C11H14ClN3O3S. The minimum absolute atomic E-state index is 0.108. The van der Waals surface area contributed by atoms with Gasteiger partial charge in [0.05, 0.1) is 11.5 Å². The molecule has 1 aromatic heterocycles. The smallest absolute Gasteiger partial charge is 0.251 e. The van der Waals surface area contributed by atoms with E-state index in [0.717, 1.165) is 0 Å². The van der Waals surface area contributed by atoms with Gasteiger partial charge in [-0.15, -0.1) is 0 Å². The first-order valence-corrected chi connectivity index (χ1v) is 8.00. The van der Waals surface area contributed by atoms with Gasteiger partial charge >= 0.3 is 0 Å². The molecule has 1 aliphatic rings. The van der Waals surface area contributed by atoms with E-state index >= 15 is 0 Å². The van der Waals surface area contributed by atoms with E-state index in [0.29, 0.717) is 18.4 Å². The number of nitrogen functional groups attached to an aromatic ring is 1. The van der Waals surface area contributed by atoms with Crippen LogP contribution in [0.25, 0.3) is 0 Å². The van der Waals surface area contributed by atoms with Crippen molar-refractivity contribution in [1.29, 1.82) is 0 Å². The minimum atomic E-state index is -2.93. The Morgan fingerprint density at radius 3 is 2.58 bits per heavy atom. The van der Waals surface area contributed by atoms with Crippen molar-refractivity contribution in [3.8, 4) is 0 Å². The standard InChI is InChI=1S/C11H14ClN3O3S/c12-9-5-7(6-10(13)15-9)11(16)14-8-1-3-19(17,18)4-2-8/h5-6,8H,1-4H2,(H2,13,15)(H,14,16). The Balaban J connectivity index is 2.02. The van der Waals surface area contributed by atoms with Crippen LogP contribution in [0.1, 0.15) is 23.2 Å². The lowest BCUT2D eigenvalue weighted by atomic mass is 10.1. The lowest BCUT2D eigenvalue weighted by Gasteiger charge is -2.23. The lowest BCUT2D eigenvalue weighted by molar-refractivity contribution is 0.0934. The van der Waals surface area contributed by atoms with E-state index in [-0.39, 0.29) is 34.4 Å². The molecule has 2 rings (SSSR count). The Bertz CT molecular complexity index is 569. The van der Waals surface area contributed by atoms with E-state index in [2.05, 4.69) is 10.3 Å². The molecule has 2 heterocycles. The van der Waals surface area contributed by atoms with Gasteiger partial charge in [0.25, 0.3) is 5.91 Å². The van der Waals surface area contributed by atoms with E-state index in [1.54, 1.807) is 0 Å². The van der Waals surface area contributed by atoms with Crippen molar-refractivity contribution >= 4 is 33.2 Å². The van der Waals surface area contributed by atoms with Crippen molar-refractivity contribution in [3.05, 3.63) is 22.8 Å². The number of rotatable bonds is 2. The molecule has 6 nitrogen and oxygen atoms in total. The van der Waals surface area contributed by atoms with Gasteiger partial charge in [-0.25, -0.2) is 13.4 Å². The van der Waals surface area contributed by atoms with E-state index in [1.165, 1.54) is 12.1 Å². The summed E-state index contributed by atoms with van der Waals surface area (Å²) in [4.78, 5) is 15.7. The van der Waals surface area contributed by atoms with Crippen molar-refractivity contribution in [2.24, 2.45) is 0 Å². The van der Waals surface area contributed by atoms with Crippen LogP contribution in [0, 0.1) is 0 Å². The second-order valence-electron chi connectivity index (χ2n) is 4.50. The molecule has 0 aromatic carbocycles. The first-order valence-electron chi connectivity index (χ1n) is 5.80. The molecule has 0 radical (unpaired) electrons. The summed E-state index contributed by atoms with van der Waals surface area (Å²) in [6.45, 7) is 0. The summed E-state index contributed by atoms with van der Waals surface area (Å²) in [5.41, 5.74) is 5.84. The first kappa shape index (κ1) is 14.1. The molecule has 3 N–H and O–H groups in total. The number of carbonyl (C=O) groups excluding carboxylic acids is 1. The van der Waals surface area contributed by atoms with Gasteiger partial charge in [-0.2, -0.15) is 0 Å². The monoisotopic (exact) mass is 303 g/mol. The molecule has 0 spiro atoms. The fourth-order valence-electron chi connectivity index (χ4n) is 1.95. The van der Waals surface area contributed by atoms with Gasteiger partial charge in [-0.05, 0) is 25.0 Å². The SMILES string of the molecule is Nc1cc(C(=O)NC2CCS(=O)(=O)CC2)cc(Cl)n1. The van der Waals surface area contributed by atoms with Crippen molar-refractivity contribution in [2.45, 2.75) is 18.9 Å². The number of aromatic nitrogens is 1. The van der Waals surface area contributed by atoms with Crippen LogP contribution >= 0.6 is 11.6 Å². The second kappa shape index (κ2) is 5.34. The fourth-order valence-corrected chi connectivity index (χ4v) is 3.66. The molecule has 1 amide bonds. The summed E-state index contributed by atoms with van der Waals surface area (Å²) < 4.78 is 22.6. The van der Waals surface area contributed by atoms with Crippen LogP contribution in [0.4, 0.5) is 5.82 Å². The molecule has 0 saturated carbocycles. The molecule has 0 aliphatic carbocycles. The van der Waals surface area contributed by atoms with Crippen LogP contribution in [0.15, 0.2) is 12.1 Å². The van der Waals surface area contributed by atoms with Crippen LogP contribution in [-0.4, -0.2) is 36.9 Å². The molecule has 1 saturated heterocycles. The second-order valence-corrected chi connectivity index (χ2v) is 7.19. The minimum Gasteiger partial charge on any atom is -0.384 e. The molecule has 1 fully saturated rings. The number of nitrogens with zero attached hydrogens (tertiary/aromatic N) is 1. The van der Waals surface area contributed by atoms with Crippen molar-refractivity contribution < 1.29 is 13.2 Å². The van der Waals surface area contributed by atoms with E-state index in [4.69, 9.17) is 17.3 Å². The average Bonchev–Trinajstić information content (AvgIpc) is 2.30. The zero-order valence-electron chi connectivity index (χ0n) is 10.1. The molecular weight excluding hydrogens is 290 g/mol. The Kier molecular flexibility index (Phi) is 3.96. The normalized spacial score (nSPS) is 19.0. The summed E-state index contributed by atoms with van der Waals surface area (Å²) in [6.07, 6.45) is 0.866. The van der Waals surface area contributed by atoms with Crippen LogP contribution in [0.5, 0.6) is 0 Å². The van der Waals surface area contributed by atoms with Crippen LogP contribution < -0.4 is 11.1 Å². The predicted octanol–water partition coefficient (Wildman–Crippen LogP) is 0.624. The Hall–Kier alpha value is -1.34. The zero-order chi connectivity index (χ0) is 14.0. The largest absolute Gasteiger partial charge is 0.384 e.